The predicted octanol–water partition coefficient (Wildman–Crippen LogP) is 2.56. The van der Waals surface area contributed by atoms with E-state index in [1.165, 1.54) is 0 Å². The topological polar surface area (TPSA) is 101 Å². The van der Waals surface area contributed by atoms with Crippen LogP contribution < -0.4 is 10.6 Å². The molecule has 144 valence electrons. The average Bonchev–Trinajstić information content (AvgIpc) is 2.88. The number of aryl methyl sites for hydroxylation is 4. The highest BCUT2D eigenvalue weighted by Crippen LogP contribution is 2.23. The van der Waals surface area contributed by atoms with Gasteiger partial charge in [-0.2, -0.15) is 0 Å². The number of amides is 1. The number of carbonyl (C=O) groups is 1. The van der Waals surface area contributed by atoms with Crippen LogP contribution >= 0.6 is 0 Å². The number of sulfone groups is 1. The van der Waals surface area contributed by atoms with Crippen LogP contribution in [0.15, 0.2) is 18.2 Å². The molecule has 27 heavy (non-hydrogen) atoms. The summed E-state index contributed by atoms with van der Waals surface area (Å²) in [6.45, 7) is 7.70. The highest BCUT2D eigenvalue weighted by atomic mass is 32.2. The minimum absolute atomic E-state index is 0.0631. The molecule has 0 bridgehead atoms. The Morgan fingerprint density at radius 3 is 2.33 bits per heavy atom. The van der Waals surface area contributed by atoms with Crippen LogP contribution in [0.4, 0.5) is 11.6 Å². The minimum Gasteiger partial charge on any atom is -0.350 e. The first-order valence-electron chi connectivity index (χ1n) is 8.85. The number of aromatic nitrogens is 2. The average molecular weight is 388 g/mol. The van der Waals surface area contributed by atoms with Gasteiger partial charge in [0.1, 0.15) is 5.69 Å². The van der Waals surface area contributed by atoms with Crippen LogP contribution in [0.5, 0.6) is 0 Å². The molecule has 0 spiro atoms. The highest BCUT2D eigenvalue weighted by molar-refractivity contribution is 7.91. The molecule has 8 heteroatoms. The Morgan fingerprint density at radius 1 is 1.07 bits per heavy atom. The molecule has 1 aromatic heterocycles. The van der Waals surface area contributed by atoms with Gasteiger partial charge in [0.2, 0.25) is 5.95 Å². The molecule has 1 aliphatic heterocycles. The molecule has 1 aliphatic rings. The van der Waals surface area contributed by atoms with Crippen molar-refractivity contribution < 1.29 is 13.2 Å². The monoisotopic (exact) mass is 388 g/mol. The molecule has 2 N–H and O–H groups in total. The van der Waals surface area contributed by atoms with E-state index in [0.29, 0.717) is 12.1 Å². The van der Waals surface area contributed by atoms with Crippen LogP contribution in [0.25, 0.3) is 0 Å². The van der Waals surface area contributed by atoms with Crippen molar-refractivity contribution in [2.24, 2.45) is 0 Å². The third-order valence-corrected chi connectivity index (χ3v) is 6.34. The Balaban J connectivity index is 1.80. The Hall–Kier alpha value is -2.48. The normalized spacial score (nSPS) is 18.3. The van der Waals surface area contributed by atoms with E-state index in [1.807, 2.05) is 32.9 Å². The van der Waals surface area contributed by atoms with Crippen molar-refractivity contribution in [2.45, 2.75) is 40.2 Å². The van der Waals surface area contributed by atoms with Gasteiger partial charge in [-0.15, -0.1) is 0 Å². The number of nitrogens with one attached hydrogen (secondary N) is 2. The van der Waals surface area contributed by atoms with E-state index in [2.05, 4.69) is 20.6 Å². The van der Waals surface area contributed by atoms with Gasteiger partial charge < -0.3 is 10.6 Å². The van der Waals surface area contributed by atoms with Crippen molar-refractivity contribution in [3.63, 3.8) is 0 Å². The number of benzene rings is 1. The quantitative estimate of drug-likeness (QED) is 0.835. The number of hydrogen-bond acceptors (Lipinski definition) is 6. The van der Waals surface area contributed by atoms with Gasteiger partial charge in [0.15, 0.2) is 9.84 Å². The van der Waals surface area contributed by atoms with Crippen molar-refractivity contribution in [1.82, 2.24) is 9.97 Å². The summed E-state index contributed by atoms with van der Waals surface area (Å²) in [4.78, 5) is 21.3. The number of carbonyl (C=O) groups excluding carboxylic acids is 1. The Bertz CT molecular complexity index is 979. The fraction of sp³-hybridized carbons (Fsp3) is 0.421. The molecule has 1 unspecified atom stereocenters. The lowest BCUT2D eigenvalue weighted by molar-refractivity contribution is 0.102. The summed E-state index contributed by atoms with van der Waals surface area (Å²) in [7, 11) is -3.00. The molecular formula is C19H24N4O3S. The fourth-order valence-electron chi connectivity index (χ4n) is 3.40. The maximum Gasteiger partial charge on any atom is 0.274 e. The Kier molecular flexibility index (Phi) is 5.19. The summed E-state index contributed by atoms with van der Waals surface area (Å²) in [6, 6.07) is 5.42. The second-order valence-corrected chi connectivity index (χ2v) is 9.42. The number of anilines is 2. The van der Waals surface area contributed by atoms with Gasteiger partial charge in [-0.1, -0.05) is 17.7 Å². The second kappa shape index (κ2) is 7.26. The van der Waals surface area contributed by atoms with E-state index in [4.69, 9.17) is 0 Å². The van der Waals surface area contributed by atoms with E-state index in [9.17, 15) is 13.2 Å². The molecule has 0 radical (unpaired) electrons. The zero-order valence-electron chi connectivity index (χ0n) is 16.0. The summed E-state index contributed by atoms with van der Waals surface area (Å²) >= 11 is 0. The molecule has 0 saturated carbocycles. The van der Waals surface area contributed by atoms with E-state index in [0.717, 1.165) is 22.4 Å². The molecule has 0 aliphatic carbocycles. The molecule has 1 amide bonds. The van der Waals surface area contributed by atoms with Crippen molar-refractivity contribution in [1.29, 1.82) is 0 Å². The molecule has 1 aromatic carbocycles. The first-order chi connectivity index (χ1) is 12.6. The van der Waals surface area contributed by atoms with Crippen molar-refractivity contribution >= 4 is 27.4 Å². The van der Waals surface area contributed by atoms with Crippen molar-refractivity contribution in [3.05, 3.63) is 46.3 Å². The van der Waals surface area contributed by atoms with Crippen LogP contribution in [0.1, 0.15) is 39.3 Å². The van der Waals surface area contributed by atoms with E-state index < -0.39 is 9.84 Å². The zero-order valence-corrected chi connectivity index (χ0v) is 16.8. The van der Waals surface area contributed by atoms with Crippen LogP contribution in [0.3, 0.4) is 0 Å². The van der Waals surface area contributed by atoms with Crippen LogP contribution in [-0.2, 0) is 9.84 Å². The summed E-state index contributed by atoms with van der Waals surface area (Å²) in [6.07, 6.45) is 0.517. The molecule has 3 rings (SSSR count). The molecule has 1 saturated heterocycles. The molecule has 2 aromatic rings. The van der Waals surface area contributed by atoms with Crippen molar-refractivity contribution in [2.75, 3.05) is 22.1 Å². The van der Waals surface area contributed by atoms with Gasteiger partial charge in [0, 0.05) is 17.4 Å². The smallest absolute Gasteiger partial charge is 0.274 e. The van der Waals surface area contributed by atoms with Gasteiger partial charge in [-0.3, -0.25) is 4.79 Å². The van der Waals surface area contributed by atoms with Crippen LogP contribution in [0, 0.1) is 27.7 Å². The van der Waals surface area contributed by atoms with Gasteiger partial charge in [0.05, 0.1) is 11.5 Å². The fourth-order valence-corrected chi connectivity index (χ4v) is 5.07. The molecule has 1 fully saturated rings. The second-order valence-electron chi connectivity index (χ2n) is 7.19. The van der Waals surface area contributed by atoms with Crippen molar-refractivity contribution in [3.8, 4) is 0 Å². The summed E-state index contributed by atoms with van der Waals surface area (Å²) in [5, 5.41) is 5.98. The molecular weight excluding hydrogens is 364 g/mol. The highest BCUT2D eigenvalue weighted by Gasteiger charge is 2.28. The maximum atomic E-state index is 12.7. The first kappa shape index (κ1) is 19.3. The van der Waals surface area contributed by atoms with Gasteiger partial charge >= 0.3 is 0 Å². The summed E-state index contributed by atoms with van der Waals surface area (Å²) < 4.78 is 23.2. The summed E-state index contributed by atoms with van der Waals surface area (Å²) in [5.41, 5.74) is 4.76. The Labute approximate surface area is 159 Å². The molecule has 2 heterocycles. The van der Waals surface area contributed by atoms with E-state index in [-0.39, 0.29) is 35.1 Å². The number of rotatable bonds is 4. The van der Waals surface area contributed by atoms with Gasteiger partial charge in [-0.05, 0) is 51.3 Å². The van der Waals surface area contributed by atoms with Gasteiger partial charge in [0.25, 0.3) is 5.91 Å². The maximum absolute atomic E-state index is 12.7. The van der Waals surface area contributed by atoms with E-state index in [1.54, 1.807) is 13.0 Å². The van der Waals surface area contributed by atoms with Crippen LogP contribution in [0.2, 0.25) is 0 Å². The van der Waals surface area contributed by atoms with E-state index >= 15 is 0 Å². The SMILES string of the molecule is Cc1cc(C)c(NC(=O)c2cc(C)nc(NC3CCS(=O)(=O)C3)n2)c(C)c1. The standard InChI is InChI=1S/C19H24N4O3S/c1-11-7-12(2)17(13(3)8-11)23-18(24)16-9-14(4)20-19(22-16)21-15-5-6-27(25,26)10-15/h7-9,15H,5-6,10H2,1-4H3,(H,23,24)(H,20,21,22). The lowest BCUT2D eigenvalue weighted by Crippen LogP contribution is -2.23. The third-order valence-electron chi connectivity index (χ3n) is 4.57. The largest absolute Gasteiger partial charge is 0.350 e. The lowest BCUT2D eigenvalue weighted by atomic mass is 10.0. The predicted molar refractivity (Wildman–Crippen MR) is 106 cm³/mol. The number of hydrogen-bond donors (Lipinski definition) is 2. The lowest BCUT2D eigenvalue weighted by Gasteiger charge is -2.14. The third kappa shape index (κ3) is 4.63. The summed E-state index contributed by atoms with van der Waals surface area (Å²) in [5.74, 6) is 0.181. The first-order valence-corrected chi connectivity index (χ1v) is 10.7. The number of nitrogens with zero attached hydrogens (tertiary/aromatic N) is 2. The minimum atomic E-state index is -3.00. The molecule has 1 atom stereocenters. The van der Waals surface area contributed by atoms with Gasteiger partial charge in [-0.25, -0.2) is 18.4 Å². The molecule has 7 nitrogen and oxygen atoms in total. The zero-order chi connectivity index (χ0) is 19.8. The Morgan fingerprint density at radius 2 is 1.74 bits per heavy atom. The van der Waals surface area contributed by atoms with Crippen LogP contribution in [-0.4, -0.2) is 41.8 Å².